The highest BCUT2D eigenvalue weighted by Crippen LogP contribution is 2.26. The number of carboxylic acid groups (broad SMARTS) is 1. The number of benzene rings is 1. The number of nitrogens with zero attached hydrogens (tertiary/aromatic N) is 3. The van der Waals surface area contributed by atoms with E-state index in [9.17, 15) is 40.5 Å². The average Bonchev–Trinajstić information content (AvgIpc) is 2.59. The number of aliphatic carboxylic acids is 1. The van der Waals surface area contributed by atoms with Gasteiger partial charge in [-0.1, -0.05) is 19.8 Å². The zero-order chi connectivity index (χ0) is 21.3. The minimum Gasteiger partial charge on any atom is -0.481 e. The van der Waals surface area contributed by atoms with E-state index < -0.39 is 21.7 Å². The van der Waals surface area contributed by atoms with Crippen molar-refractivity contribution in [3.05, 3.63) is 44.0 Å². The molecule has 11 nitrogen and oxygen atoms in total. The highest BCUT2D eigenvalue weighted by Gasteiger charge is 2.22. The van der Waals surface area contributed by atoms with E-state index in [1.165, 1.54) is 12.1 Å². The number of anilines is 1. The predicted octanol–water partition coefficient (Wildman–Crippen LogP) is 3.29. The molecule has 0 fully saturated rings. The monoisotopic (exact) mass is 399 g/mol. The summed E-state index contributed by atoms with van der Waals surface area (Å²) in [6.45, 7) is 1.40. The Morgan fingerprint density at radius 2 is 1.86 bits per heavy atom. The third kappa shape index (κ3) is 7.84. The standard InChI is InChI=1S/C17H25N3O8/c1-12(11-18(23)24)9-14(17(21)22)6-4-2-3-5-13-7-8-15(19(25)26)10-16(13)20(27)28/h7-8,10,12,14,27-28H,2-6,9,11H2,1H3,(H,21,22). The van der Waals surface area contributed by atoms with Crippen molar-refractivity contribution in [2.24, 2.45) is 11.8 Å². The maximum atomic E-state index is 11.3. The molecular weight excluding hydrogens is 374 g/mol. The van der Waals surface area contributed by atoms with Crippen molar-refractivity contribution in [1.82, 2.24) is 0 Å². The molecule has 1 aromatic rings. The van der Waals surface area contributed by atoms with Gasteiger partial charge in [-0.25, -0.2) is 0 Å². The molecule has 1 aromatic carbocycles. The summed E-state index contributed by atoms with van der Waals surface area (Å²) in [5.74, 6) is -1.93. The lowest BCUT2D eigenvalue weighted by molar-refractivity contribution is -0.487. The van der Waals surface area contributed by atoms with E-state index in [1.54, 1.807) is 6.92 Å². The Kier molecular flexibility index (Phi) is 9.25. The number of nitro groups is 2. The first-order valence-corrected chi connectivity index (χ1v) is 8.91. The molecule has 0 aliphatic carbocycles. The van der Waals surface area contributed by atoms with Crippen LogP contribution in [0.25, 0.3) is 0 Å². The Labute approximate surface area is 161 Å². The zero-order valence-corrected chi connectivity index (χ0v) is 15.6. The Morgan fingerprint density at radius 3 is 2.39 bits per heavy atom. The molecule has 3 N–H and O–H groups in total. The smallest absolute Gasteiger partial charge is 0.306 e. The quantitative estimate of drug-likeness (QED) is 0.256. The van der Waals surface area contributed by atoms with Crippen LogP contribution in [0.4, 0.5) is 11.4 Å². The Bertz CT molecular complexity index is 695. The molecule has 0 bridgehead atoms. The first-order valence-electron chi connectivity index (χ1n) is 8.91. The van der Waals surface area contributed by atoms with Crippen LogP contribution in [0.2, 0.25) is 0 Å². The molecule has 11 heteroatoms. The highest BCUT2D eigenvalue weighted by atomic mass is 16.8. The van der Waals surface area contributed by atoms with Crippen LogP contribution in [0.1, 0.15) is 44.6 Å². The fraction of sp³-hybridized carbons (Fsp3) is 0.588. The van der Waals surface area contributed by atoms with Crippen LogP contribution in [-0.4, -0.2) is 37.9 Å². The molecule has 2 unspecified atom stereocenters. The van der Waals surface area contributed by atoms with E-state index in [4.69, 9.17) is 0 Å². The lowest BCUT2D eigenvalue weighted by Crippen LogP contribution is -2.21. The molecule has 0 aliphatic heterocycles. The summed E-state index contributed by atoms with van der Waals surface area (Å²) in [6, 6.07) is 3.79. The van der Waals surface area contributed by atoms with E-state index in [-0.39, 0.29) is 35.5 Å². The van der Waals surface area contributed by atoms with Gasteiger partial charge in [0, 0.05) is 23.0 Å². The summed E-state index contributed by atoms with van der Waals surface area (Å²) < 4.78 is 0. The summed E-state index contributed by atoms with van der Waals surface area (Å²) >= 11 is 0. The molecule has 0 saturated heterocycles. The van der Waals surface area contributed by atoms with Crippen molar-refractivity contribution in [3.63, 3.8) is 0 Å². The second-order valence-electron chi connectivity index (χ2n) is 6.85. The van der Waals surface area contributed by atoms with Crippen molar-refractivity contribution < 1.29 is 30.2 Å². The number of hydrogen-bond donors (Lipinski definition) is 3. The van der Waals surface area contributed by atoms with Gasteiger partial charge in [0.25, 0.3) is 5.69 Å². The SMILES string of the molecule is CC(CC(CCCCCc1ccc([N+](=O)[O-])cc1N(O)O)C(=O)O)C[N+](=O)[O-]. The normalized spacial score (nSPS) is 13.0. The van der Waals surface area contributed by atoms with Crippen LogP contribution in [0.3, 0.4) is 0 Å². The van der Waals surface area contributed by atoms with Crippen LogP contribution >= 0.6 is 0 Å². The van der Waals surface area contributed by atoms with Gasteiger partial charge in [0.1, 0.15) is 5.69 Å². The number of rotatable bonds is 13. The predicted molar refractivity (Wildman–Crippen MR) is 98.1 cm³/mol. The Balaban J connectivity index is 2.52. The lowest BCUT2D eigenvalue weighted by Gasteiger charge is -2.15. The third-order valence-corrected chi connectivity index (χ3v) is 4.49. The van der Waals surface area contributed by atoms with E-state index >= 15 is 0 Å². The Morgan fingerprint density at radius 1 is 1.18 bits per heavy atom. The van der Waals surface area contributed by atoms with Gasteiger partial charge in [0.15, 0.2) is 0 Å². The highest BCUT2D eigenvalue weighted by molar-refractivity contribution is 5.69. The molecule has 2 atom stereocenters. The summed E-state index contributed by atoms with van der Waals surface area (Å²) in [5.41, 5.74) is 0.177. The number of aryl methyl sites for hydroxylation is 1. The maximum Gasteiger partial charge on any atom is 0.306 e. The first kappa shape index (κ1) is 23.2. The van der Waals surface area contributed by atoms with Crippen molar-refractivity contribution in [2.75, 3.05) is 11.8 Å². The van der Waals surface area contributed by atoms with Gasteiger partial charge < -0.3 is 5.11 Å². The molecule has 1 rings (SSSR count). The van der Waals surface area contributed by atoms with Gasteiger partial charge in [-0.15, -0.1) is 5.23 Å². The molecule has 28 heavy (non-hydrogen) atoms. The van der Waals surface area contributed by atoms with Crippen molar-refractivity contribution in [1.29, 1.82) is 0 Å². The second-order valence-corrected chi connectivity index (χ2v) is 6.85. The second kappa shape index (κ2) is 11.1. The van der Waals surface area contributed by atoms with Crippen LogP contribution in [0.15, 0.2) is 18.2 Å². The van der Waals surface area contributed by atoms with Crippen LogP contribution < -0.4 is 5.23 Å². The third-order valence-electron chi connectivity index (χ3n) is 4.49. The molecule has 0 amide bonds. The minimum atomic E-state index is -0.968. The van der Waals surface area contributed by atoms with E-state index in [2.05, 4.69) is 0 Å². The number of unbranched alkanes of at least 4 members (excludes halogenated alkanes) is 2. The molecule has 0 spiro atoms. The van der Waals surface area contributed by atoms with Gasteiger partial charge in [0.2, 0.25) is 6.54 Å². The van der Waals surface area contributed by atoms with Gasteiger partial charge >= 0.3 is 5.97 Å². The number of nitro benzene ring substituents is 1. The van der Waals surface area contributed by atoms with Crippen molar-refractivity contribution >= 4 is 17.3 Å². The fourth-order valence-corrected chi connectivity index (χ4v) is 3.10. The van der Waals surface area contributed by atoms with E-state index in [1.807, 2.05) is 0 Å². The minimum absolute atomic E-state index is 0.0776. The maximum absolute atomic E-state index is 11.3. The molecule has 0 radical (unpaired) electrons. The zero-order valence-electron chi connectivity index (χ0n) is 15.6. The van der Waals surface area contributed by atoms with Gasteiger partial charge in [-0.3, -0.25) is 35.4 Å². The van der Waals surface area contributed by atoms with Crippen LogP contribution in [0, 0.1) is 32.1 Å². The summed E-state index contributed by atoms with van der Waals surface area (Å²) in [7, 11) is 0. The van der Waals surface area contributed by atoms with Crippen molar-refractivity contribution in [3.8, 4) is 0 Å². The number of carbonyl (C=O) groups is 1. The van der Waals surface area contributed by atoms with Gasteiger partial charge in [-0.05, 0) is 37.3 Å². The van der Waals surface area contributed by atoms with E-state index in [0.717, 1.165) is 6.07 Å². The first-order chi connectivity index (χ1) is 13.1. The van der Waals surface area contributed by atoms with Gasteiger partial charge in [0.05, 0.1) is 10.8 Å². The number of carboxylic acids is 1. The number of non-ortho nitro benzene ring substituents is 1. The molecular formula is C17H25N3O8. The molecule has 0 aliphatic rings. The van der Waals surface area contributed by atoms with Gasteiger partial charge in [-0.2, -0.15) is 0 Å². The van der Waals surface area contributed by atoms with E-state index in [0.29, 0.717) is 37.7 Å². The molecule has 0 saturated carbocycles. The molecule has 156 valence electrons. The topological polar surface area (TPSA) is 167 Å². The average molecular weight is 399 g/mol. The largest absolute Gasteiger partial charge is 0.481 e. The van der Waals surface area contributed by atoms with Crippen molar-refractivity contribution in [2.45, 2.75) is 45.4 Å². The lowest BCUT2D eigenvalue weighted by atomic mass is 9.91. The molecule has 0 heterocycles. The fourth-order valence-electron chi connectivity index (χ4n) is 3.10. The molecule has 0 aromatic heterocycles. The summed E-state index contributed by atoms with van der Waals surface area (Å²) in [4.78, 5) is 31.5. The summed E-state index contributed by atoms with van der Waals surface area (Å²) in [5, 5.41) is 48.9. The Hall–Kier alpha value is -2.79. The number of hydrogen-bond acceptors (Lipinski definition) is 8. The van der Waals surface area contributed by atoms with Crippen LogP contribution in [-0.2, 0) is 11.2 Å². The van der Waals surface area contributed by atoms with Crippen LogP contribution in [0.5, 0.6) is 0 Å². The summed E-state index contributed by atoms with van der Waals surface area (Å²) in [6.07, 6.45) is 2.96.